The van der Waals surface area contributed by atoms with Crippen molar-refractivity contribution in [2.45, 2.75) is 69.1 Å². The molecule has 0 aromatic carbocycles. The number of aliphatic carboxylic acids is 2. The Bertz CT molecular complexity index is 822. The van der Waals surface area contributed by atoms with Crippen molar-refractivity contribution in [2.75, 3.05) is 25.1 Å². The second kappa shape index (κ2) is 15.8. The first kappa shape index (κ1) is 31.0. The number of aliphatic imine (C=N–C) groups is 1. The molecular weight excluding hydrogens is 494 g/mol. The summed E-state index contributed by atoms with van der Waals surface area (Å²) in [6, 6.07) is -4.15. The first-order valence-electron chi connectivity index (χ1n) is 11.6. The molecule has 204 valence electrons. The second-order valence-electron chi connectivity index (χ2n) is 8.42. The molecule has 15 heteroatoms. The summed E-state index contributed by atoms with van der Waals surface area (Å²) in [5.74, 6) is -3.63. The molecular formula is C21H37N7O7S. The maximum absolute atomic E-state index is 13.4. The van der Waals surface area contributed by atoms with Crippen molar-refractivity contribution < 1.29 is 34.2 Å². The van der Waals surface area contributed by atoms with E-state index in [-0.39, 0.29) is 44.7 Å². The van der Waals surface area contributed by atoms with Crippen LogP contribution in [0.25, 0.3) is 0 Å². The monoisotopic (exact) mass is 531 g/mol. The normalized spacial score (nSPS) is 17.5. The number of carbonyl (C=O) groups is 5. The van der Waals surface area contributed by atoms with Crippen molar-refractivity contribution in [1.82, 2.24) is 15.5 Å². The van der Waals surface area contributed by atoms with Gasteiger partial charge in [-0.25, -0.2) is 4.79 Å². The molecule has 0 spiro atoms. The number of nitrogens with one attached hydrogen (secondary N) is 2. The fourth-order valence-electron chi connectivity index (χ4n) is 3.71. The number of nitrogens with two attached hydrogens (primary N) is 3. The number of guanidine groups is 1. The molecule has 4 unspecified atom stereocenters. The highest BCUT2D eigenvalue weighted by Gasteiger charge is 2.39. The molecule has 10 N–H and O–H groups in total. The Morgan fingerprint density at radius 2 is 1.78 bits per heavy atom. The molecule has 0 radical (unpaired) electrons. The molecule has 1 saturated heterocycles. The average molecular weight is 532 g/mol. The highest BCUT2D eigenvalue weighted by atomic mass is 32.2. The zero-order valence-electron chi connectivity index (χ0n) is 20.4. The number of rotatable bonds is 16. The zero-order valence-corrected chi connectivity index (χ0v) is 21.2. The third-order valence-corrected chi connectivity index (χ3v) is 6.27. The van der Waals surface area contributed by atoms with E-state index in [9.17, 15) is 29.1 Å². The lowest BCUT2D eigenvalue weighted by molar-refractivity contribution is -0.145. The van der Waals surface area contributed by atoms with E-state index in [1.807, 2.05) is 6.26 Å². The Hall–Kier alpha value is -3.07. The lowest BCUT2D eigenvalue weighted by atomic mass is 10.1. The van der Waals surface area contributed by atoms with E-state index >= 15 is 0 Å². The number of nitrogens with zero attached hydrogens (tertiary/aromatic N) is 2. The Morgan fingerprint density at radius 3 is 2.36 bits per heavy atom. The molecule has 0 saturated carbocycles. The largest absolute Gasteiger partial charge is 0.481 e. The lowest BCUT2D eigenvalue weighted by Gasteiger charge is -2.30. The Morgan fingerprint density at radius 1 is 1.08 bits per heavy atom. The maximum atomic E-state index is 13.4. The van der Waals surface area contributed by atoms with Crippen LogP contribution in [0.3, 0.4) is 0 Å². The number of likely N-dealkylation sites (tertiary alicyclic amines) is 1. The lowest BCUT2D eigenvalue weighted by Crippen LogP contribution is -2.56. The SMILES string of the molecule is CSCCC(NC(=O)C1CCCN1C(=O)C(CCCN=C(N)N)NC(=O)C(N)CCC(=O)O)C(=O)O. The topological polar surface area (TPSA) is 244 Å². The molecule has 36 heavy (non-hydrogen) atoms. The summed E-state index contributed by atoms with van der Waals surface area (Å²) in [7, 11) is 0. The van der Waals surface area contributed by atoms with Gasteiger partial charge in [-0.3, -0.25) is 24.2 Å². The Balaban J connectivity index is 2.96. The molecule has 1 fully saturated rings. The molecule has 1 rings (SSSR count). The van der Waals surface area contributed by atoms with Gasteiger partial charge in [0.2, 0.25) is 17.7 Å². The Labute approximate surface area is 213 Å². The van der Waals surface area contributed by atoms with Crippen LogP contribution in [0.2, 0.25) is 0 Å². The minimum absolute atomic E-state index is 0.114. The summed E-state index contributed by atoms with van der Waals surface area (Å²) >= 11 is 1.45. The molecule has 1 aliphatic heterocycles. The minimum atomic E-state index is -1.16. The van der Waals surface area contributed by atoms with Crippen molar-refractivity contribution in [3.05, 3.63) is 0 Å². The summed E-state index contributed by atoms with van der Waals surface area (Å²) < 4.78 is 0. The number of hydrogen-bond acceptors (Lipinski definition) is 8. The molecule has 0 aliphatic carbocycles. The molecule has 3 amide bonds. The number of carbonyl (C=O) groups excluding carboxylic acids is 3. The van der Waals surface area contributed by atoms with Gasteiger partial charge in [0.1, 0.15) is 18.1 Å². The first-order valence-corrected chi connectivity index (χ1v) is 13.0. The van der Waals surface area contributed by atoms with E-state index in [2.05, 4.69) is 15.6 Å². The highest BCUT2D eigenvalue weighted by molar-refractivity contribution is 7.98. The van der Waals surface area contributed by atoms with Crippen molar-refractivity contribution in [2.24, 2.45) is 22.2 Å². The summed E-state index contributed by atoms with van der Waals surface area (Å²) in [6.45, 7) is 0.456. The van der Waals surface area contributed by atoms with Crippen LogP contribution in [0.1, 0.15) is 44.9 Å². The van der Waals surface area contributed by atoms with Crippen LogP contribution >= 0.6 is 11.8 Å². The molecule has 1 heterocycles. The number of carboxylic acid groups (broad SMARTS) is 2. The van der Waals surface area contributed by atoms with Crippen molar-refractivity contribution in [1.29, 1.82) is 0 Å². The van der Waals surface area contributed by atoms with Gasteiger partial charge in [-0.2, -0.15) is 11.8 Å². The smallest absolute Gasteiger partial charge is 0.326 e. The third kappa shape index (κ3) is 10.7. The molecule has 4 atom stereocenters. The third-order valence-electron chi connectivity index (χ3n) is 5.63. The van der Waals surface area contributed by atoms with E-state index < -0.39 is 53.8 Å². The number of carboxylic acids is 2. The maximum Gasteiger partial charge on any atom is 0.326 e. The van der Waals surface area contributed by atoms with Gasteiger partial charge >= 0.3 is 11.9 Å². The summed E-state index contributed by atoms with van der Waals surface area (Å²) in [5, 5.41) is 23.3. The van der Waals surface area contributed by atoms with Crippen molar-refractivity contribution in [3.63, 3.8) is 0 Å². The van der Waals surface area contributed by atoms with Crippen molar-refractivity contribution >= 4 is 47.4 Å². The van der Waals surface area contributed by atoms with E-state index in [1.165, 1.54) is 16.7 Å². The molecule has 0 bridgehead atoms. The number of hydrogen-bond donors (Lipinski definition) is 7. The van der Waals surface area contributed by atoms with Gasteiger partial charge < -0.3 is 42.9 Å². The van der Waals surface area contributed by atoms with Crippen LogP contribution < -0.4 is 27.8 Å². The van der Waals surface area contributed by atoms with Gasteiger partial charge in [0.15, 0.2) is 5.96 Å². The van der Waals surface area contributed by atoms with Crippen LogP contribution in [0.15, 0.2) is 4.99 Å². The van der Waals surface area contributed by atoms with Gasteiger partial charge in [-0.15, -0.1) is 0 Å². The first-order chi connectivity index (χ1) is 17.0. The van der Waals surface area contributed by atoms with E-state index in [4.69, 9.17) is 22.3 Å². The Kier molecular flexibility index (Phi) is 13.6. The molecule has 0 aromatic heterocycles. The van der Waals surface area contributed by atoms with Gasteiger partial charge in [0.05, 0.1) is 6.04 Å². The quantitative estimate of drug-likeness (QED) is 0.0654. The van der Waals surface area contributed by atoms with Crippen LogP contribution in [0.4, 0.5) is 0 Å². The zero-order chi connectivity index (χ0) is 27.3. The molecule has 1 aliphatic rings. The molecule has 0 aromatic rings. The summed E-state index contributed by atoms with van der Waals surface area (Å²) in [6.07, 6.45) is 2.99. The van der Waals surface area contributed by atoms with Crippen molar-refractivity contribution in [3.8, 4) is 0 Å². The molecule has 14 nitrogen and oxygen atoms in total. The van der Waals surface area contributed by atoms with Gasteiger partial charge in [-0.1, -0.05) is 0 Å². The van der Waals surface area contributed by atoms with Crippen LogP contribution in [0, 0.1) is 0 Å². The van der Waals surface area contributed by atoms with Gasteiger partial charge in [-0.05, 0) is 50.5 Å². The predicted molar refractivity (Wildman–Crippen MR) is 134 cm³/mol. The van der Waals surface area contributed by atoms with E-state index in [0.29, 0.717) is 25.0 Å². The van der Waals surface area contributed by atoms with Crippen LogP contribution in [0.5, 0.6) is 0 Å². The number of thioether (sulfide) groups is 1. The van der Waals surface area contributed by atoms with E-state index in [1.54, 1.807) is 0 Å². The summed E-state index contributed by atoms with van der Waals surface area (Å²) in [5.41, 5.74) is 16.4. The highest BCUT2D eigenvalue weighted by Crippen LogP contribution is 2.20. The van der Waals surface area contributed by atoms with Gasteiger partial charge in [0.25, 0.3) is 0 Å². The minimum Gasteiger partial charge on any atom is -0.481 e. The number of amides is 3. The summed E-state index contributed by atoms with van der Waals surface area (Å²) in [4.78, 5) is 66.3. The fourth-order valence-corrected chi connectivity index (χ4v) is 4.19. The second-order valence-corrected chi connectivity index (χ2v) is 9.41. The fraction of sp³-hybridized carbons (Fsp3) is 0.714. The van der Waals surface area contributed by atoms with E-state index in [0.717, 1.165) is 0 Å². The average Bonchev–Trinajstić information content (AvgIpc) is 3.31. The van der Waals surface area contributed by atoms with Crippen LogP contribution in [-0.4, -0.2) is 100.0 Å². The van der Waals surface area contributed by atoms with Gasteiger partial charge in [0, 0.05) is 19.5 Å². The van der Waals surface area contributed by atoms with Crippen LogP contribution in [-0.2, 0) is 24.0 Å². The predicted octanol–water partition coefficient (Wildman–Crippen LogP) is -1.97. The standard InChI is InChI=1S/C21H37N7O7S/c1-36-11-8-14(20(34)35)27-18(32)15-5-3-10-28(15)19(33)13(4-2-9-25-21(23)24)26-17(31)12(22)6-7-16(29)30/h12-15H,2-11,22H2,1H3,(H,26,31)(H,27,32)(H,29,30)(H,34,35)(H4,23,24,25).